The summed E-state index contributed by atoms with van der Waals surface area (Å²) in [6.07, 6.45) is 0. The maximum atomic E-state index is 5.94. The Morgan fingerprint density at radius 1 is 1.19 bits per heavy atom. The first-order valence-electron chi connectivity index (χ1n) is 6.95. The van der Waals surface area contributed by atoms with Gasteiger partial charge in [0.2, 0.25) is 0 Å². The first-order valence-corrected chi connectivity index (χ1v) is 6.95. The number of aryl methyl sites for hydroxylation is 2. The van der Waals surface area contributed by atoms with Gasteiger partial charge in [-0.3, -0.25) is 0 Å². The van der Waals surface area contributed by atoms with Gasteiger partial charge < -0.3 is 14.9 Å². The van der Waals surface area contributed by atoms with Crippen molar-refractivity contribution in [2.24, 2.45) is 5.73 Å². The van der Waals surface area contributed by atoms with Gasteiger partial charge in [-0.2, -0.15) is 0 Å². The quantitative estimate of drug-likeness (QED) is 0.795. The van der Waals surface area contributed by atoms with Gasteiger partial charge in [0.1, 0.15) is 29.4 Å². The minimum absolute atomic E-state index is 0.399. The van der Waals surface area contributed by atoms with Crippen LogP contribution in [0.15, 0.2) is 40.8 Å². The fourth-order valence-electron chi connectivity index (χ4n) is 2.32. The summed E-state index contributed by atoms with van der Waals surface area (Å²) < 4.78 is 11.5. The number of ether oxygens (including phenoxy) is 1. The number of hydrogen-bond acceptors (Lipinski definition) is 4. The number of nitrogens with zero attached hydrogens (tertiary/aromatic N) is 1. The topological polar surface area (TPSA) is 61.3 Å². The molecule has 0 spiro atoms. The largest absolute Gasteiger partial charge is 0.486 e. The van der Waals surface area contributed by atoms with E-state index in [1.54, 1.807) is 0 Å². The Morgan fingerprint density at radius 2 is 2.05 bits per heavy atom. The van der Waals surface area contributed by atoms with Crippen molar-refractivity contribution in [2.45, 2.75) is 27.0 Å². The highest BCUT2D eigenvalue weighted by molar-refractivity contribution is 5.84. The van der Waals surface area contributed by atoms with Crippen molar-refractivity contribution < 1.29 is 9.15 Å². The Hall–Kier alpha value is -2.33. The lowest BCUT2D eigenvalue weighted by Crippen LogP contribution is -1.97. The zero-order valence-corrected chi connectivity index (χ0v) is 12.2. The van der Waals surface area contributed by atoms with E-state index in [0.717, 1.165) is 39.4 Å². The van der Waals surface area contributed by atoms with Gasteiger partial charge in [0.05, 0.1) is 6.54 Å². The van der Waals surface area contributed by atoms with Gasteiger partial charge in [0.15, 0.2) is 0 Å². The standard InChI is InChI=1S/C17H18N2O2/c1-11-6-7-13-4-3-5-16(17(13)19-11)20-10-14-8-15(9-18)21-12(14)2/h3-8H,9-10,18H2,1-2H3. The van der Waals surface area contributed by atoms with E-state index in [0.29, 0.717) is 13.2 Å². The Kier molecular flexibility index (Phi) is 3.62. The third-order valence-corrected chi connectivity index (χ3v) is 3.48. The van der Waals surface area contributed by atoms with Crippen LogP contribution in [-0.2, 0) is 13.2 Å². The zero-order valence-electron chi connectivity index (χ0n) is 12.2. The van der Waals surface area contributed by atoms with Crippen molar-refractivity contribution in [1.82, 2.24) is 4.98 Å². The molecule has 2 heterocycles. The van der Waals surface area contributed by atoms with Crippen molar-refractivity contribution in [3.63, 3.8) is 0 Å². The fraction of sp³-hybridized carbons (Fsp3) is 0.235. The van der Waals surface area contributed by atoms with E-state index in [1.165, 1.54) is 0 Å². The molecule has 0 atom stereocenters. The van der Waals surface area contributed by atoms with Crippen LogP contribution in [0, 0.1) is 13.8 Å². The van der Waals surface area contributed by atoms with Crippen LogP contribution in [-0.4, -0.2) is 4.98 Å². The van der Waals surface area contributed by atoms with Gasteiger partial charge in [0.25, 0.3) is 0 Å². The van der Waals surface area contributed by atoms with Crippen LogP contribution < -0.4 is 10.5 Å². The van der Waals surface area contributed by atoms with E-state index in [2.05, 4.69) is 11.1 Å². The molecule has 0 bridgehead atoms. The van der Waals surface area contributed by atoms with Crippen LogP contribution in [0.4, 0.5) is 0 Å². The predicted octanol–water partition coefficient (Wildman–Crippen LogP) is 3.48. The molecule has 3 rings (SSSR count). The maximum absolute atomic E-state index is 5.94. The number of pyridine rings is 1. The van der Waals surface area contributed by atoms with Crippen LogP contribution >= 0.6 is 0 Å². The average molecular weight is 282 g/mol. The van der Waals surface area contributed by atoms with Crippen LogP contribution in [0.25, 0.3) is 10.9 Å². The van der Waals surface area contributed by atoms with Crippen LogP contribution in [0.1, 0.15) is 22.8 Å². The van der Waals surface area contributed by atoms with Crippen LogP contribution in [0.2, 0.25) is 0 Å². The minimum atomic E-state index is 0.399. The molecule has 0 aliphatic heterocycles. The zero-order chi connectivity index (χ0) is 14.8. The monoisotopic (exact) mass is 282 g/mol. The molecule has 4 nitrogen and oxygen atoms in total. The molecule has 21 heavy (non-hydrogen) atoms. The molecule has 0 saturated heterocycles. The molecule has 4 heteroatoms. The summed E-state index contributed by atoms with van der Waals surface area (Å²) in [5.41, 5.74) is 8.46. The van der Waals surface area contributed by atoms with Gasteiger partial charge in [-0.05, 0) is 32.0 Å². The first kappa shape index (κ1) is 13.6. The first-order chi connectivity index (χ1) is 10.2. The second-order valence-electron chi connectivity index (χ2n) is 5.07. The average Bonchev–Trinajstić information content (AvgIpc) is 2.85. The van der Waals surface area contributed by atoms with E-state index in [9.17, 15) is 0 Å². The maximum Gasteiger partial charge on any atom is 0.146 e. The number of fused-ring (bicyclic) bond motifs is 1. The van der Waals surface area contributed by atoms with Gasteiger partial charge >= 0.3 is 0 Å². The Morgan fingerprint density at radius 3 is 2.81 bits per heavy atom. The molecular weight excluding hydrogens is 264 g/mol. The summed E-state index contributed by atoms with van der Waals surface area (Å²) >= 11 is 0. The molecule has 0 fully saturated rings. The van der Waals surface area contributed by atoms with E-state index in [1.807, 2.05) is 44.2 Å². The van der Waals surface area contributed by atoms with Gasteiger partial charge in [-0.15, -0.1) is 0 Å². The third kappa shape index (κ3) is 2.76. The summed E-state index contributed by atoms with van der Waals surface area (Å²) in [7, 11) is 0. The van der Waals surface area contributed by atoms with E-state index in [4.69, 9.17) is 14.9 Å². The third-order valence-electron chi connectivity index (χ3n) is 3.48. The molecule has 1 aromatic carbocycles. The van der Waals surface area contributed by atoms with Crippen molar-refractivity contribution in [1.29, 1.82) is 0 Å². The fourth-order valence-corrected chi connectivity index (χ4v) is 2.32. The number of para-hydroxylation sites is 1. The SMILES string of the molecule is Cc1ccc2cccc(OCc3cc(CN)oc3C)c2n1. The van der Waals surface area contributed by atoms with Gasteiger partial charge in [-0.25, -0.2) is 4.98 Å². The number of furan rings is 1. The van der Waals surface area contributed by atoms with Gasteiger partial charge in [-0.1, -0.05) is 18.2 Å². The number of aromatic nitrogens is 1. The highest BCUT2D eigenvalue weighted by Gasteiger charge is 2.09. The van der Waals surface area contributed by atoms with E-state index >= 15 is 0 Å². The van der Waals surface area contributed by atoms with Crippen molar-refractivity contribution in [3.8, 4) is 5.75 Å². The summed E-state index contributed by atoms with van der Waals surface area (Å²) in [6, 6.07) is 11.9. The molecule has 2 N–H and O–H groups in total. The smallest absolute Gasteiger partial charge is 0.146 e. The highest BCUT2D eigenvalue weighted by atomic mass is 16.5. The lowest BCUT2D eigenvalue weighted by Gasteiger charge is -2.08. The number of nitrogens with two attached hydrogens (primary N) is 1. The molecule has 0 saturated carbocycles. The summed E-state index contributed by atoms with van der Waals surface area (Å²) in [5.74, 6) is 2.41. The second-order valence-corrected chi connectivity index (χ2v) is 5.07. The lowest BCUT2D eigenvalue weighted by atomic mass is 10.2. The molecule has 3 aromatic rings. The van der Waals surface area contributed by atoms with Crippen LogP contribution in [0.5, 0.6) is 5.75 Å². The van der Waals surface area contributed by atoms with Crippen LogP contribution in [0.3, 0.4) is 0 Å². The van der Waals surface area contributed by atoms with Crippen molar-refractivity contribution in [2.75, 3.05) is 0 Å². The summed E-state index contributed by atoms with van der Waals surface area (Å²) in [5, 5.41) is 1.07. The molecule has 0 aliphatic carbocycles. The Bertz CT molecular complexity index is 778. The lowest BCUT2D eigenvalue weighted by molar-refractivity contribution is 0.306. The second kappa shape index (κ2) is 5.58. The normalized spacial score (nSPS) is 11.0. The number of hydrogen-bond donors (Lipinski definition) is 1. The van der Waals surface area contributed by atoms with E-state index < -0.39 is 0 Å². The number of rotatable bonds is 4. The molecule has 0 amide bonds. The van der Waals surface area contributed by atoms with E-state index in [-0.39, 0.29) is 0 Å². The Labute approximate surface area is 123 Å². The number of benzene rings is 1. The molecule has 2 aromatic heterocycles. The Balaban J connectivity index is 1.88. The molecule has 0 radical (unpaired) electrons. The van der Waals surface area contributed by atoms with Crippen molar-refractivity contribution in [3.05, 3.63) is 59.2 Å². The van der Waals surface area contributed by atoms with Crippen molar-refractivity contribution >= 4 is 10.9 Å². The highest BCUT2D eigenvalue weighted by Crippen LogP contribution is 2.25. The molecule has 0 aliphatic rings. The molecule has 0 unspecified atom stereocenters. The summed E-state index contributed by atoms with van der Waals surface area (Å²) in [4.78, 5) is 4.56. The predicted molar refractivity (Wildman–Crippen MR) is 82.1 cm³/mol. The minimum Gasteiger partial charge on any atom is -0.486 e. The van der Waals surface area contributed by atoms with Gasteiger partial charge in [0, 0.05) is 16.6 Å². The molecular formula is C17H18N2O2. The molecule has 108 valence electrons. The summed E-state index contributed by atoms with van der Waals surface area (Å²) in [6.45, 7) is 4.74.